The second-order valence-corrected chi connectivity index (χ2v) is 11.7. The first kappa shape index (κ1) is 23.6. The van der Waals surface area contributed by atoms with Gasteiger partial charge in [0.15, 0.2) is 0 Å². The monoisotopic (exact) mass is 486 g/mol. The van der Waals surface area contributed by atoms with Crippen molar-refractivity contribution in [2.24, 2.45) is 23.2 Å². The molecule has 1 heterocycles. The van der Waals surface area contributed by atoms with Gasteiger partial charge in [-0.25, -0.2) is 0 Å². The lowest BCUT2D eigenvalue weighted by atomic mass is 9.49. The molecule has 0 radical (unpaired) electrons. The maximum absolute atomic E-state index is 14.0. The zero-order valence-corrected chi connectivity index (χ0v) is 21.0. The zero-order valence-electron chi connectivity index (χ0n) is 20.2. The maximum atomic E-state index is 14.0. The molecule has 184 valence electrons. The van der Waals surface area contributed by atoms with E-state index in [1.54, 1.807) is 39.0 Å². The number of carbonyl (C=O) groups is 3. The van der Waals surface area contributed by atoms with Gasteiger partial charge in [-0.1, -0.05) is 11.6 Å². The topological polar surface area (TPSA) is 64.2 Å². The largest absolute Gasteiger partial charge is 0.332 e. The highest BCUT2D eigenvalue weighted by atomic mass is 35.5. The first-order valence-electron chi connectivity index (χ1n) is 12.5. The molecule has 34 heavy (non-hydrogen) atoms. The van der Waals surface area contributed by atoms with Gasteiger partial charge in [0.05, 0.1) is 12.0 Å². The van der Waals surface area contributed by atoms with E-state index in [9.17, 15) is 14.4 Å². The molecular formula is C26H35ClN4O3. The first-order chi connectivity index (χ1) is 16.2. The molecule has 1 aromatic rings. The van der Waals surface area contributed by atoms with Crippen molar-refractivity contribution in [3.63, 3.8) is 0 Å². The van der Waals surface area contributed by atoms with Crippen molar-refractivity contribution in [1.29, 1.82) is 0 Å². The number of nitrogens with zero attached hydrogens (tertiary/aromatic N) is 4. The predicted molar refractivity (Wildman–Crippen MR) is 131 cm³/mol. The van der Waals surface area contributed by atoms with Gasteiger partial charge in [0, 0.05) is 23.8 Å². The third kappa shape index (κ3) is 4.57. The lowest BCUT2D eigenvalue weighted by Crippen LogP contribution is -2.56. The van der Waals surface area contributed by atoms with Gasteiger partial charge < -0.3 is 14.7 Å². The number of anilines is 1. The summed E-state index contributed by atoms with van der Waals surface area (Å²) in [5, 5.41) is 0.600. The summed E-state index contributed by atoms with van der Waals surface area (Å²) in [6, 6.07) is 7.05. The second kappa shape index (κ2) is 9.15. The summed E-state index contributed by atoms with van der Waals surface area (Å²) in [6.45, 7) is 1.51. The van der Waals surface area contributed by atoms with E-state index in [0.29, 0.717) is 35.9 Å². The average Bonchev–Trinajstić information content (AvgIpc) is 3.17. The van der Waals surface area contributed by atoms with Crippen molar-refractivity contribution in [2.75, 3.05) is 51.8 Å². The fourth-order valence-corrected chi connectivity index (χ4v) is 7.23. The van der Waals surface area contributed by atoms with Crippen LogP contribution in [0.2, 0.25) is 5.02 Å². The Morgan fingerprint density at radius 3 is 2.15 bits per heavy atom. The number of hydrogen-bond donors (Lipinski definition) is 0. The number of hydrogen-bond acceptors (Lipinski definition) is 4. The Labute approximate surface area is 207 Å². The van der Waals surface area contributed by atoms with Gasteiger partial charge in [-0.05, 0) is 94.6 Å². The van der Waals surface area contributed by atoms with Crippen LogP contribution >= 0.6 is 11.6 Å². The highest BCUT2D eigenvalue weighted by molar-refractivity contribution is 6.30. The minimum Gasteiger partial charge on any atom is -0.332 e. The molecule has 0 N–H and O–H groups in total. The Morgan fingerprint density at radius 2 is 1.59 bits per heavy atom. The summed E-state index contributed by atoms with van der Waals surface area (Å²) in [5.74, 6) is 1.90. The number of rotatable bonds is 7. The van der Waals surface area contributed by atoms with Crippen LogP contribution in [0.3, 0.4) is 0 Å². The number of halogens is 1. The fraction of sp³-hybridized carbons (Fsp3) is 0.654. The minimum atomic E-state index is -0.280. The Morgan fingerprint density at radius 1 is 1.00 bits per heavy atom. The first-order valence-corrected chi connectivity index (χ1v) is 12.9. The number of amides is 3. The molecule has 5 fully saturated rings. The molecule has 8 heteroatoms. The molecule has 1 aliphatic heterocycles. The van der Waals surface area contributed by atoms with Gasteiger partial charge in [-0.15, -0.1) is 0 Å². The van der Waals surface area contributed by atoms with Gasteiger partial charge >= 0.3 is 0 Å². The Balaban J connectivity index is 1.29. The van der Waals surface area contributed by atoms with E-state index in [0.717, 1.165) is 24.9 Å². The van der Waals surface area contributed by atoms with Crippen molar-refractivity contribution in [1.82, 2.24) is 14.7 Å². The van der Waals surface area contributed by atoms with Crippen LogP contribution in [-0.4, -0.2) is 79.4 Å². The van der Waals surface area contributed by atoms with E-state index in [1.807, 2.05) is 19.0 Å². The van der Waals surface area contributed by atoms with Crippen LogP contribution in [0.25, 0.3) is 0 Å². The van der Waals surface area contributed by atoms with E-state index in [2.05, 4.69) is 0 Å². The summed E-state index contributed by atoms with van der Waals surface area (Å²) >= 11 is 5.98. The van der Waals surface area contributed by atoms with Crippen LogP contribution in [0, 0.1) is 23.2 Å². The average molecular weight is 487 g/mol. The van der Waals surface area contributed by atoms with E-state index in [4.69, 9.17) is 11.6 Å². The van der Waals surface area contributed by atoms with Crippen LogP contribution in [-0.2, 0) is 14.4 Å². The van der Waals surface area contributed by atoms with E-state index < -0.39 is 0 Å². The molecule has 7 nitrogen and oxygen atoms in total. The van der Waals surface area contributed by atoms with Crippen LogP contribution in [0.4, 0.5) is 5.69 Å². The summed E-state index contributed by atoms with van der Waals surface area (Å²) in [6.07, 6.45) is 6.78. The number of carbonyl (C=O) groups excluding carboxylic acids is 3. The van der Waals surface area contributed by atoms with Crippen molar-refractivity contribution < 1.29 is 14.4 Å². The van der Waals surface area contributed by atoms with Crippen LogP contribution < -0.4 is 4.90 Å². The predicted octanol–water partition coefficient (Wildman–Crippen LogP) is 3.08. The van der Waals surface area contributed by atoms with E-state index >= 15 is 0 Å². The third-order valence-corrected chi connectivity index (χ3v) is 8.60. The quantitative estimate of drug-likeness (QED) is 0.594. The molecule has 5 aliphatic rings. The summed E-state index contributed by atoms with van der Waals surface area (Å²) in [7, 11) is 3.97. The Bertz CT molecular complexity index is 928. The summed E-state index contributed by atoms with van der Waals surface area (Å²) < 4.78 is 0. The molecule has 0 atom stereocenters. The van der Waals surface area contributed by atoms with Crippen molar-refractivity contribution in [3.05, 3.63) is 29.3 Å². The molecule has 6 rings (SSSR count). The Hall–Kier alpha value is -2.12. The van der Waals surface area contributed by atoms with E-state index in [1.165, 1.54) is 19.3 Å². The normalized spacial score (nSPS) is 29.9. The van der Waals surface area contributed by atoms with Crippen LogP contribution in [0.1, 0.15) is 38.5 Å². The third-order valence-electron chi connectivity index (χ3n) is 8.35. The van der Waals surface area contributed by atoms with Crippen LogP contribution in [0.5, 0.6) is 0 Å². The van der Waals surface area contributed by atoms with Crippen molar-refractivity contribution >= 4 is 35.0 Å². The van der Waals surface area contributed by atoms with Gasteiger partial charge in [-0.3, -0.25) is 19.3 Å². The standard InChI is InChI=1S/C26H35ClN4O3/c1-28(2)7-8-29(25(34)26-12-18-9-19(13-26)11-20(10-18)14-26)15-23(32)30-16-24(33)31(17-30)22-5-3-21(27)4-6-22/h3-6,18-20H,7-17H2,1-2H3. The molecular weight excluding hydrogens is 452 g/mol. The van der Waals surface area contributed by atoms with Gasteiger partial charge in [-0.2, -0.15) is 0 Å². The molecule has 0 unspecified atom stereocenters. The van der Waals surface area contributed by atoms with Crippen molar-refractivity contribution in [3.8, 4) is 0 Å². The number of benzene rings is 1. The fourth-order valence-electron chi connectivity index (χ4n) is 7.11. The smallest absolute Gasteiger partial charge is 0.248 e. The van der Waals surface area contributed by atoms with Gasteiger partial charge in [0.25, 0.3) is 0 Å². The highest BCUT2D eigenvalue weighted by Gasteiger charge is 2.55. The molecule has 4 aliphatic carbocycles. The molecule has 1 saturated heterocycles. The molecule has 0 spiro atoms. The highest BCUT2D eigenvalue weighted by Crippen LogP contribution is 2.60. The second-order valence-electron chi connectivity index (χ2n) is 11.3. The van der Waals surface area contributed by atoms with Crippen LogP contribution in [0.15, 0.2) is 24.3 Å². The zero-order chi connectivity index (χ0) is 24.0. The molecule has 4 bridgehead atoms. The maximum Gasteiger partial charge on any atom is 0.248 e. The SMILES string of the molecule is CN(C)CCN(CC(=O)N1CC(=O)N(c2ccc(Cl)cc2)C1)C(=O)C12CC3CC(CC(C3)C1)C2. The summed E-state index contributed by atoms with van der Waals surface area (Å²) in [4.78, 5) is 47.0. The van der Waals surface area contributed by atoms with Gasteiger partial charge in [0.2, 0.25) is 17.7 Å². The minimum absolute atomic E-state index is 0.0362. The molecule has 0 aromatic heterocycles. The number of likely N-dealkylation sites (N-methyl/N-ethyl adjacent to an activating group) is 1. The molecule has 1 aromatic carbocycles. The Kier molecular flexibility index (Phi) is 6.36. The van der Waals surface area contributed by atoms with E-state index in [-0.39, 0.29) is 42.9 Å². The lowest BCUT2D eigenvalue weighted by molar-refractivity contribution is -0.160. The van der Waals surface area contributed by atoms with Gasteiger partial charge in [0.1, 0.15) is 13.2 Å². The van der Waals surface area contributed by atoms with Crippen molar-refractivity contribution in [2.45, 2.75) is 38.5 Å². The lowest BCUT2D eigenvalue weighted by Gasteiger charge is -2.56. The molecule has 4 saturated carbocycles. The molecule has 3 amide bonds. The summed E-state index contributed by atoms with van der Waals surface area (Å²) in [5.41, 5.74) is 0.441.